The second-order valence-corrected chi connectivity index (χ2v) is 8.44. The maximum atomic E-state index is 13.4. The number of nitrogens with one attached hydrogen (secondary N) is 2. The Balaban J connectivity index is 2.72. The first-order valence-corrected chi connectivity index (χ1v) is 9.56. The van der Waals surface area contributed by atoms with Gasteiger partial charge in [0.25, 0.3) is 0 Å². The molecule has 1 aromatic rings. The fourth-order valence-electron chi connectivity index (χ4n) is 2.39. The van der Waals surface area contributed by atoms with Crippen molar-refractivity contribution in [2.75, 3.05) is 6.79 Å². The molecule has 1 aromatic carbocycles. The summed E-state index contributed by atoms with van der Waals surface area (Å²) in [5.41, 5.74) is -3.40. The molecule has 5 N–H and O–H groups in total. The summed E-state index contributed by atoms with van der Waals surface area (Å²) in [5.74, 6) is -7.76. The fourth-order valence-corrected chi connectivity index (χ4v) is 3.08. The molecule has 0 radical (unpaired) electrons. The Morgan fingerprint density at radius 2 is 1.75 bits per heavy atom. The first-order valence-electron chi connectivity index (χ1n) is 7.61. The molecule has 182 valence electrons. The van der Waals surface area contributed by atoms with Crippen molar-refractivity contribution in [3.8, 4) is 5.75 Å². The van der Waals surface area contributed by atoms with Crippen LogP contribution < -0.4 is 15.6 Å². The largest absolute Gasteiger partial charge is 0.475 e. The van der Waals surface area contributed by atoms with E-state index in [1.807, 2.05) is 0 Å². The molecule has 0 saturated heterocycles. The summed E-state index contributed by atoms with van der Waals surface area (Å²) in [6.45, 7) is -1.20. The maximum absolute atomic E-state index is 13.4. The van der Waals surface area contributed by atoms with Gasteiger partial charge in [0.05, 0.1) is 16.0 Å². The van der Waals surface area contributed by atoms with Gasteiger partial charge in [-0.2, -0.15) is 18.0 Å². The van der Waals surface area contributed by atoms with Crippen molar-refractivity contribution in [1.29, 1.82) is 0 Å². The number of alkyl halides is 3. The number of ether oxygens (including phenoxy) is 2. The second kappa shape index (κ2) is 7.13. The Morgan fingerprint density at radius 3 is 2.22 bits per heavy atom. The van der Waals surface area contributed by atoms with Crippen LogP contribution in [0.2, 0.25) is 0 Å². The van der Waals surface area contributed by atoms with E-state index in [2.05, 4.69) is 14.3 Å². The number of halogens is 8. The van der Waals surface area contributed by atoms with Crippen molar-refractivity contribution in [2.45, 2.75) is 23.1 Å². The summed E-state index contributed by atoms with van der Waals surface area (Å²) in [6.07, 6.45) is -8.78. The van der Waals surface area contributed by atoms with Gasteiger partial charge >= 0.3 is 28.3 Å². The molecule has 32 heavy (non-hydrogen) atoms. The number of esters is 1. The van der Waals surface area contributed by atoms with Gasteiger partial charge in [-0.1, -0.05) is 19.4 Å². The molecule has 1 atom stereocenters. The lowest BCUT2D eigenvalue weighted by molar-refractivity contribution is -0.616. The van der Waals surface area contributed by atoms with Crippen LogP contribution in [0.15, 0.2) is 22.6 Å². The molecule has 1 aliphatic rings. The lowest BCUT2D eigenvalue weighted by Crippen LogP contribution is -2.76. The number of aliphatic hydroxyl groups is 3. The molecule has 0 spiro atoms. The number of carbonyl (C=O) groups is 1. The van der Waals surface area contributed by atoms with Crippen LogP contribution in [-0.4, -0.2) is 40.4 Å². The van der Waals surface area contributed by atoms with Crippen LogP contribution >= 0.6 is 10.2 Å². The van der Waals surface area contributed by atoms with Crippen LogP contribution in [0.3, 0.4) is 0 Å². The minimum atomic E-state index is -10.6. The molecule has 1 aliphatic heterocycles. The van der Waals surface area contributed by atoms with Crippen molar-refractivity contribution in [1.82, 2.24) is 5.59 Å². The van der Waals surface area contributed by atoms with Gasteiger partial charge in [0.15, 0.2) is 0 Å². The van der Waals surface area contributed by atoms with E-state index in [-0.39, 0.29) is 6.08 Å². The van der Waals surface area contributed by atoms with Gasteiger partial charge in [-0.15, -0.1) is 0 Å². The van der Waals surface area contributed by atoms with E-state index in [1.54, 1.807) is 0 Å². The van der Waals surface area contributed by atoms with Crippen molar-refractivity contribution < 1.29 is 72.3 Å². The number of fused-ring (bicyclic) bond motifs is 1. The zero-order valence-corrected chi connectivity index (χ0v) is 15.6. The Bertz CT molecular complexity index is 974. The average molecular weight is 507 g/mol. The molecular formula is C13H11F8N2O8S+. The van der Waals surface area contributed by atoms with E-state index in [9.17, 15) is 57.6 Å². The van der Waals surface area contributed by atoms with E-state index in [0.717, 1.165) is 5.29 Å². The minimum absolute atomic E-state index is 0.000834. The van der Waals surface area contributed by atoms with Crippen LogP contribution in [0.4, 0.5) is 32.6 Å². The summed E-state index contributed by atoms with van der Waals surface area (Å²) >= 11 is 0. The molecule has 0 amide bonds. The van der Waals surface area contributed by atoms with Gasteiger partial charge in [0.1, 0.15) is 15.9 Å². The number of carbonyl (C=O) groups excluding carboxylic acids is 1. The van der Waals surface area contributed by atoms with E-state index in [0.29, 0.717) is 0 Å². The van der Waals surface area contributed by atoms with Crippen LogP contribution in [-0.2, 0) is 20.3 Å². The van der Waals surface area contributed by atoms with Gasteiger partial charge in [-0.25, -0.2) is 4.79 Å². The van der Waals surface area contributed by atoms with Gasteiger partial charge in [0, 0.05) is 5.56 Å². The zero-order valence-electron chi connectivity index (χ0n) is 14.8. The SMILES string of the molecule is O=[NH+]NOCOC(=O)C1=Cc2cc(S(F)(F)(F)(F)F)cc(C(O)(O)O)c2OC1C(F)(F)F. The fraction of sp³-hybridized carbons (Fsp3) is 0.308. The average Bonchev–Trinajstić information content (AvgIpc) is 2.59. The molecule has 10 nitrogen and oxygen atoms in total. The summed E-state index contributed by atoms with van der Waals surface area (Å²) in [6, 6.07) is -1.13. The number of hydrogen-bond acceptors (Lipinski definition) is 8. The Morgan fingerprint density at radius 1 is 1.16 bits per heavy atom. The summed E-state index contributed by atoms with van der Waals surface area (Å²) < 4.78 is 115. The van der Waals surface area contributed by atoms with Crippen molar-refractivity contribution in [3.05, 3.63) is 33.7 Å². The monoisotopic (exact) mass is 507 g/mol. The normalized spacial score (nSPS) is 19.0. The van der Waals surface area contributed by atoms with E-state index >= 15 is 0 Å². The molecule has 0 bridgehead atoms. The van der Waals surface area contributed by atoms with E-state index < -0.39 is 80.7 Å². The van der Waals surface area contributed by atoms with Gasteiger partial charge < -0.3 is 24.8 Å². The number of benzene rings is 1. The summed E-state index contributed by atoms with van der Waals surface area (Å²) in [7, 11) is -10.6. The van der Waals surface area contributed by atoms with Crippen LogP contribution in [0.5, 0.6) is 5.75 Å². The third-order valence-electron chi connectivity index (χ3n) is 3.62. The van der Waals surface area contributed by atoms with Crippen LogP contribution in [0, 0.1) is 4.91 Å². The topological polar surface area (TPSA) is 149 Å². The quantitative estimate of drug-likeness (QED) is 0.119. The predicted molar refractivity (Wildman–Crippen MR) is 84.1 cm³/mol. The number of nitroso groups, excluding NO2 is 1. The van der Waals surface area contributed by atoms with Crippen LogP contribution in [0.25, 0.3) is 6.08 Å². The smallest absolute Gasteiger partial charge is 0.430 e. The summed E-state index contributed by atoms with van der Waals surface area (Å²) in [4.78, 5) is 23.0. The highest BCUT2D eigenvalue weighted by Crippen LogP contribution is 3.02. The lowest BCUT2D eigenvalue weighted by atomic mass is 9.98. The summed E-state index contributed by atoms with van der Waals surface area (Å²) in [5, 5.41) is 28.6. The molecule has 1 unspecified atom stereocenters. The van der Waals surface area contributed by atoms with Crippen molar-refractivity contribution in [2.24, 2.45) is 0 Å². The number of hydrazine groups is 1. The van der Waals surface area contributed by atoms with Crippen LogP contribution in [0.1, 0.15) is 11.1 Å². The Kier molecular flexibility index (Phi) is 5.69. The number of hydrogen-bond donors (Lipinski definition) is 5. The highest BCUT2D eigenvalue weighted by Gasteiger charge is 2.66. The standard InChI is InChI=1S/C13H10F8N2O8S/c14-12(15,16)10-7(11(24)29-4-30-23-22-28)2-5-1-6(32(17,18,19,20)21)3-8(9(5)31-10)13(25,26)27/h1-3,10,25-27H,4H2,(H,23,28)/p+1. The lowest BCUT2D eigenvalue weighted by Gasteiger charge is -2.41. The Labute approximate surface area is 170 Å². The first-order chi connectivity index (χ1) is 14.1. The molecule has 2 rings (SSSR count). The van der Waals surface area contributed by atoms with Gasteiger partial charge in [-0.3, -0.25) is 0 Å². The molecule has 1 heterocycles. The maximum Gasteiger partial charge on any atom is 0.430 e. The molecule has 0 fully saturated rings. The molecule has 0 aromatic heterocycles. The highest BCUT2D eigenvalue weighted by atomic mass is 32.5. The number of rotatable bonds is 7. The van der Waals surface area contributed by atoms with Crippen molar-refractivity contribution >= 4 is 22.3 Å². The minimum Gasteiger partial charge on any atom is -0.475 e. The third-order valence-corrected chi connectivity index (χ3v) is 4.75. The Hall–Kier alpha value is -2.74. The predicted octanol–water partition coefficient (Wildman–Crippen LogP) is 0.922. The first kappa shape index (κ1) is 25.5. The van der Waals surface area contributed by atoms with Gasteiger partial charge in [-0.05, 0) is 23.8 Å². The molecular weight excluding hydrogens is 496 g/mol. The second-order valence-electron chi connectivity index (χ2n) is 6.03. The van der Waals surface area contributed by atoms with E-state index in [1.165, 1.54) is 5.59 Å². The highest BCUT2D eigenvalue weighted by molar-refractivity contribution is 8.45. The third kappa shape index (κ3) is 5.73. The van der Waals surface area contributed by atoms with E-state index in [4.69, 9.17) is 0 Å². The van der Waals surface area contributed by atoms with Crippen molar-refractivity contribution in [3.63, 3.8) is 0 Å². The van der Waals surface area contributed by atoms with Gasteiger partial charge in [0.2, 0.25) is 12.9 Å². The zero-order chi connectivity index (χ0) is 24.8. The molecule has 0 saturated carbocycles. The molecule has 19 heteroatoms. The molecule has 0 aliphatic carbocycles.